The van der Waals surface area contributed by atoms with Gasteiger partial charge in [-0.15, -0.1) is 0 Å². The highest BCUT2D eigenvalue weighted by atomic mass is 32.2. The van der Waals surface area contributed by atoms with Gasteiger partial charge in [0, 0.05) is 38.9 Å². The molecule has 0 radical (unpaired) electrons. The summed E-state index contributed by atoms with van der Waals surface area (Å²) in [4.78, 5) is 20.8. The number of rotatable bonds is 6. The van der Waals surface area contributed by atoms with E-state index in [4.69, 9.17) is 5.73 Å². The molecule has 2 rings (SSSR count). The molecule has 1 aromatic heterocycles. The number of hydrogen-bond acceptors (Lipinski definition) is 5. The molecule has 2 heterocycles. The van der Waals surface area contributed by atoms with Gasteiger partial charge < -0.3 is 10.6 Å². The van der Waals surface area contributed by atoms with Crippen LogP contribution in [0.15, 0.2) is 24.4 Å². The Morgan fingerprint density at radius 1 is 1.38 bits per heavy atom. The number of pyridine rings is 1. The van der Waals surface area contributed by atoms with Crippen molar-refractivity contribution in [3.63, 3.8) is 0 Å². The summed E-state index contributed by atoms with van der Waals surface area (Å²) in [5.41, 5.74) is 7.04. The van der Waals surface area contributed by atoms with Crippen molar-refractivity contribution in [3.8, 4) is 0 Å². The van der Waals surface area contributed by atoms with Crippen LogP contribution in [0, 0.1) is 0 Å². The number of piperazine rings is 1. The lowest BCUT2D eigenvalue weighted by molar-refractivity contribution is -0.134. The van der Waals surface area contributed by atoms with Crippen LogP contribution in [0.2, 0.25) is 0 Å². The van der Waals surface area contributed by atoms with E-state index in [0.29, 0.717) is 0 Å². The zero-order valence-corrected chi connectivity index (χ0v) is 13.4. The highest BCUT2D eigenvalue weighted by Crippen LogP contribution is 2.09. The second kappa shape index (κ2) is 8.36. The molecule has 21 heavy (non-hydrogen) atoms. The maximum atomic E-state index is 12.2. The van der Waals surface area contributed by atoms with Crippen LogP contribution >= 0.6 is 11.8 Å². The molecule has 2 N–H and O–H groups in total. The predicted molar refractivity (Wildman–Crippen MR) is 87.1 cm³/mol. The third kappa shape index (κ3) is 4.98. The van der Waals surface area contributed by atoms with E-state index in [1.165, 1.54) is 0 Å². The molecule has 0 saturated carbocycles. The molecule has 0 aromatic carbocycles. The molecule has 1 fully saturated rings. The maximum absolute atomic E-state index is 12.2. The third-order valence-electron chi connectivity index (χ3n) is 3.75. The molecule has 1 aromatic rings. The number of carbonyl (C=O) groups is 1. The van der Waals surface area contributed by atoms with E-state index in [9.17, 15) is 4.79 Å². The average Bonchev–Trinajstić information content (AvgIpc) is 2.53. The first-order valence-electron chi connectivity index (χ1n) is 7.36. The fourth-order valence-electron chi connectivity index (χ4n) is 2.45. The molecule has 0 aliphatic carbocycles. The normalized spacial score (nSPS) is 17.7. The van der Waals surface area contributed by atoms with Gasteiger partial charge >= 0.3 is 0 Å². The molecule has 1 saturated heterocycles. The zero-order chi connectivity index (χ0) is 15.1. The van der Waals surface area contributed by atoms with Crippen LogP contribution in [0.4, 0.5) is 0 Å². The third-order valence-corrected chi connectivity index (χ3v) is 4.39. The number of hydrogen-bond donors (Lipinski definition) is 1. The van der Waals surface area contributed by atoms with Crippen molar-refractivity contribution in [2.24, 2.45) is 5.73 Å². The Bertz CT molecular complexity index is 435. The summed E-state index contributed by atoms with van der Waals surface area (Å²) in [5, 5.41) is 0. The molecule has 1 amide bonds. The maximum Gasteiger partial charge on any atom is 0.239 e. The molecule has 116 valence electrons. The van der Waals surface area contributed by atoms with Gasteiger partial charge in [-0.05, 0) is 30.6 Å². The Kier molecular flexibility index (Phi) is 6.48. The average molecular weight is 308 g/mol. The molecule has 1 atom stereocenters. The molecule has 6 heteroatoms. The second-order valence-corrected chi connectivity index (χ2v) is 6.30. The predicted octanol–water partition coefficient (Wildman–Crippen LogP) is 0.806. The van der Waals surface area contributed by atoms with Crippen LogP contribution in [0.25, 0.3) is 0 Å². The van der Waals surface area contributed by atoms with Crippen molar-refractivity contribution < 1.29 is 4.79 Å². The lowest BCUT2D eigenvalue weighted by Crippen LogP contribution is -2.53. The quantitative estimate of drug-likeness (QED) is 0.842. The molecule has 0 bridgehead atoms. The molecular weight excluding hydrogens is 284 g/mol. The van der Waals surface area contributed by atoms with E-state index in [1.807, 2.05) is 35.6 Å². The minimum atomic E-state index is -0.347. The molecule has 1 aliphatic rings. The van der Waals surface area contributed by atoms with Crippen LogP contribution in [0.3, 0.4) is 0 Å². The minimum absolute atomic E-state index is 0.0986. The molecule has 5 nitrogen and oxygen atoms in total. The van der Waals surface area contributed by atoms with Gasteiger partial charge in [-0.1, -0.05) is 6.07 Å². The number of aromatic nitrogens is 1. The Hall–Kier alpha value is -1.11. The highest BCUT2D eigenvalue weighted by Gasteiger charge is 2.24. The van der Waals surface area contributed by atoms with Crippen molar-refractivity contribution in [3.05, 3.63) is 30.1 Å². The second-order valence-electron chi connectivity index (χ2n) is 5.31. The lowest BCUT2D eigenvalue weighted by atomic mass is 10.2. The molecule has 1 aliphatic heterocycles. The van der Waals surface area contributed by atoms with Crippen molar-refractivity contribution in [1.29, 1.82) is 0 Å². The zero-order valence-electron chi connectivity index (χ0n) is 12.6. The smallest absolute Gasteiger partial charge is 0.239 e. The summed E-state index contributed by atoms with van der Waals surface area (Å²) in [6.07, 6.45) is 4.61. The number of nitrogens with two attached hydrogens (primary N) is 1. The van der Waals surface area contributed by atoms with Gasteiger partial charge in [0.2, 0.25) is 5.91 Å². The standard InChI is InChI=1S/C15H24N4OS/c1-21-11-5-14(16)15(20)19-9-7-18(8-10-19)12-13-4-2-3-6-17-13/h2-4,6,14H,5,7-12,16H2,1H3/t14-/m1/s1. The number of thioether (sulfide) groups is 1. The lowest BCUT2D eigenvalue weighted by Gasteiger charge is -2.35. The summed E-state index contributed by atoms with van der Waals surface area (Å²) in [7, 11) is 0. The minimum Gasteiger partial charge on any atom is -0.339 e. The molecule has 0 spiro atoms. The Balaban J connectivity index is 1.76. The van der Waals surface area contributed by atoms with Crippen LogP contribution in [-0.4, -0.2) is 64.9 Å². The number of amides is 1. The summed E-state index contributed by atoms with van der Waals surface area (Å²) < 4.78 is 0. The van der Waals surface area contributed by atoms with Gasteiger partial charge in [-0.25, -0.2) is 0 Å². The molecule has 0 unspecified atom stereocenters. The highest BCUT2D eigenvalue weighted by molar-refractivity contribution is 7.98. The van der Waals surface area contributed by atoms with Gasteiger partial charge in [-0.3, -0.25) is 14.7 Å². The SMILES string of the molecule is CSCC[C@@H](N)C(=O)N1CCN(Cc2ccccn2)CC1. The van der Waals surface area contributed by atoms with Gasteiger partial charge in [-0.2, -0.15) is 11.8 Å². The van der Waals surface area contributed by atoms with Gasteiger partial charge in [0.05, 0.1) is 11.7 Å². The number of nitrogens with zero attached hydrogens (tertiary/aromatic N) is 3. The van der Waals surface area contributed by atoms with Crippen LogP contribution in [-0.2, 0) is 11.3 Å². The summed E-state index contributed by atoms with van der Waals surface area (Å²) in [6.45, 7) is 4.15. The fourth-order valence-corrected chi connectivity index (χ4v) is 2.94. The van der Waals surface area contributed by atoms with Crippen molar-refractivity contribution in [2.75, 3.05) is 38.2 Å². The Morgan fingerprint density at radius 3 is 2.76 bits per heavy atom. The van der Waals surface area contributed by atoms with E-state index in [2.05, 4.69) is 9.88 Å². The van der Waals surface area contributed by atoms with Crippen LogP contribution in [0.5, 0.6) is 0 Å². The Labute approximate surface area is 130 Å². The van der Waals surface area contributed by atoms with E-state index in [1.54, 1.807) is 11.8 Å². The van der Waals surface area contributed by atoms with Gasteiger partial charge in [0.25, 0.3) is 0 Å². The van der Waals surface area contributed by atoms with Crippen LogP contribution in [0.1, 0.15) is 12.1 Å². The van der Waals surface area contributed by atoms with Crippen molar-refractivity contribution in [1.82, 2.24) is 14.8 Å². The van der Waals surface area contributed by atoms with Gasteiger partial charge in [0.1, 0.15) is 0 Å². The first-order valence-corrected chi connectivity index (χ1v) is 8.75. The molecular formula is C15H24N4OS. The largest absolute Gasteiger partial charge is 0.339 e. The number of carbonyl (C=O) groups excluding carboxylic acids is 1. The first-order chi connectivity index (χ1) is 10.2. The van der Waals surface area contributed by atoms with Crippen molar-refractivity contribution in [2.45, 2.75) is 19.0 Å². The van der Waals surface area contributed by atoms with E-state index in [0.717, 1.165) is 50.6 Å². The van der Waals surface area contributed by atoms with E-state index < -0.39 is 0 Å². The van der Waals surface area contributed by atoms with Gasteiger partial charge in [0.15, 0.2) is 0 Å². The summed E-state index contributed by atoms with van der Waals surface area (Å²) in [5.74, 6) is 1.04. The Morgan fingerprint density at radius 2 is 2.14 bits per heavy atom. The van der Waals surface area contributed by atoms with Crippen molar-refractivity contribution >= 4 is 17.7 Å². The monoisotopic (exact) mass is 308 g/mol. The summed E-state index contributed by atoms with van der Waals surface area (Å²) in [6, 6.07) is 5.62. The van der Waals surface area contributed by atoms with Crippen LogP contribution < -0.4 is 5.73 Å². The fraction of sp³-hybridized carbons (Fsp3) is 0.600. The van der Waals surface area contributed by atoms with E-state index >= 15 is 0 Å². The summed E-state index contributed by atoms with van der Waals surface area (Å²) >= 11 is 1.73. The first kappa shape index (κ1) is 16.3. The topological polar surface area (TPSA) is 62.5 Å². The van der Waals surface area contributed by atoms with E-state index in [-0.39, 0.29) is 11.9 Å².